The van der Waals surface area contributed by atoms with Crippen LogP contribution in [0, 0.1) is 0 Å². The lowest BCUT2D eigenvalue weighted by atomic mass is 9.80. The van der Waals surface area contributed by atoms with E-state index in [0.717, 1.165) is 16.9 Å². The van der Waals surface area contributed by atoms with Gasteiger partial charge in [0.1, 0.15) is 6.10 Å². The second kappa shape index (κ2) is 6.05. The topological polar surface area (TPSA) is 98.0 Å². The lowest BCUT2D eigenvalue weighted by Crippen LogP contribution is -2.44. The number of carbonyl (C=O) groups is 1. The van der Waals surface area contributed by atoms with E-state index < -0.39 is 30.2 Å². The fourth-order valence-corrected chi connectivity index (χ4v) is 4.22. The molecular formula is C17H18O5S. The van der Waals surface area contributed by atoms with Gasteiger partial charge in [-0.2, -0.15) is 0 Å². The molecule has 0 amide bonds. The maximum Gasteiger partial charge on any atom is 0.340 e. The van der Waals surface area contributed by atoms with Crippen molar-refractivity contribution in [2.24, 2.45) is 0 Å². The number of carboxylic acid groups (broad SMARTS) is 1. The molecule has 1 heterocycles. The summed E-state index contributed by atoms with van der Waals surface area (Å²) in [6.07, 6.45) is -1.39. The summed E-state index contributed by atoms with van der Waals surface area (Å²) in [7, 11) is 0. The number of thiophene rings is 1. The molecule has 1 aromatic carbocycles. The molecule has 0 saturated carbocycles. The Kier molecular flexibility index (Phi) is 4.25. The Morgan fingerprint density at radius 1 is 1.22 bits per heavy atom. The van der Waals surface area contributed by atoms with Gasteiger partial charge in [-0.25, -0.2) is 4.79 Å². The van der Waals surface area contributed by atoms with Crippen LogP contribution in [0.2, 0.25) is 0 Å². The molecule has 1 aliphatic rings. The van der Waals surface area contributed by atoms with Crippen molar-refractivity contribution < 1.29 is 25.2 Å². The average Bonchev–Trinajstić information content (AvgIpc) is 2.97. The second-order valence-corrected chi connectivity index (χ2v) is 7.03. The smallest absolute Gasteiger partial charge is 0.340 e. The first-order valence-corrected chi connectivity index (χ1v) is 8.22. The van der Waals surface area contributed by atoms with Gasteiger partial charge in [-0.1, -0.05) is 30.3 Å². The highest BCUT2D eigenvalue weighted by atomic mass is 32.1. The first-order valence-electron chi connectivity index (χ1n) is 7.40. The molecule has 0 aliphatic heterocycles. The van der Waals surface area contributed by atoms with E-state index in [-0.39, 0.29) is 5.56 Å². The van der Waals surface area contributed by atoms with Crippen molar-refractivity contribution in [2.75, 3.05) is 0 Å². The Bertz CT molecular complexity index is 711. The van der Waals surface area contributed by atoms with Crippen LogP contribution < -0.4 is 0 Å². The maximum absolute atomic E-state index is 11.4. The van der Waals surface area contributed by atoms with Crippen LogP contribution in [0.15, 0.2) is 36.4 Å². The zero-order valence-electron chi connectivity index (χ0n) is 12.3. The lowest BCUT2D eigenvalue weighted by molar-refractivity contribution is -0.168. The van der Waals surface area contributed by atoms with Crippen molar-refractivity contribution in [3.8, 4) is 0 Å². The van der Waals surface area contributed by atoms with Gasteiger partial charge >= 0.3 is 5.97 Å². The summed E-state index contributed by atoms with van der Waals surface area (Å²) in [6, 6.07) is 11.5. The molecule has 3 rings (SSSR count). The van der Waals surface area contributed by atoms with Gasteiger partial charge in [0.25, 0.3) is 0 Å². The minimum atomic E-state index is -2.14. The standard InChI is InChI=1S/C17H18O5S/c18-13-9-17(22,16(20)21)12-8-11(23-15(12)14(13)19)7-6-10-4-2-1-3-5-10/h1-5,8,13-14,18-19,22H,6-7,9H2,(H,20,21)/t13-,14+,17-/m1/s1. The number of benzene rings is 1. The number of aliphatic hydroxyl groups excluding tert-OH is 2. The molecule has 0 bridgehead atoms. The molecule has 122 valence electrons. The Balaban J connectivity index is 1.89. The third-order valence-electron chi connectivity index (χ3n) is 4.25. The third-order valence-corrected chi connectivity index (χ3v) is 5.52. The summed E-state index contributed by atoms with van der Waals surface area (Å²) in [4.78, 5) is 12.7. The molecule has 1 aliphatic carbocycles. The molecule has 3 atom stereocenters. The predicted octanol–water partition coefficient (Wildman–Crippen LogP) is 1.60. The quantitative estimate of drug-likeness (QED) is 0.681. The molecule has 4 N–H and O–H groups in total. The van der Waals surface area contributed by atoms with E-state index in [1.54, 1.807) is 6.07 Å². The van der Waals surface area contributed by atoms with Crippen LogP contribution in [-0.2, 0) is 23.2 Å². The van der Waals surface area contributed by atoms with Crippen molar-refractivity contribution in [1.29, 1.82) is 0 Å². The number of rotatable bonds is 4. The van der Waals surface area contributed by atoms with Crippen molar-refractivity contribution in [2.45, 2.75) is 37.1 Å². The first-order chi connectivity index (χ1) is 10.9. The Morgan fingerprint density at radius 2 is 1.91 bits per heavy atom. The molecule has 0 fully saturated rings. The van der Waals surface area contributed by atoms with Crippen molar-refractivity contribution >= 4 is 17.3 Å². The molecule has 0 spiro atoms. The minimum absolute atomic E-state index is 0.205. The fourth-order valence-electron chi connectivity index (χ4n) is 2.94. The maximum atomic E-state index is 11.4. The second-order valence-electron chi connectivity index (χ2n) is 5.86. The fraction of sp³-hybridized carbons (Fsp3) is 0.353. The molecule has 2 aromatic rings. The summed E-state index contributed by atoms with van der Waals surface area (Å²) in [5.74, 6) is -1.41. The molecule has 0 radical (unpaired) electrons. The zero-order valence-corrected chi connectivity index (χ0v) is 13.2. The highest BCUT2D eigenvalue weighted by Crippen LogP contribution is 2.45. The SMILES string of the molecule is O=C(O)[C@@]1(O)C[C@@H](O)[C@H](O)c2sc(CCc3ccccc3)cc21. The molecule has 0 unspecified atom stereocenters. The molecule has 5 nitrogen and oxygen atoms in total. The van der Waals surface area contributed by atoms with E-state index in [1.165, 1.54) is 11.3 Å². The predicted molar refractivity (Wildman–Crippen MR) is 85.3 cm³/mol. The lowest BCUT2D eigenvalue weighted by Gasteiger charge is -2.34. The van der Waals surface area contributed by atoms with Crippen molar-refractivity contribution in [1.82, 2.24) is 0 Å². The molecule has 23 heavy (non-hydrogen) atoms. The van der Waals surface area contributed by atoms with E-state index in [1.807, 2.05) is 30.3 Å². The first kappa shape index (κ1) is 16.1. The summed E-state index contributed by atoms with van der Waals surface area (Å²) >= 11 is 1.25. The van der Waals surface area contributed by atoms with Gasteiger partial charge in [0, 0.05) is 21.7 Å². The van der Waals surface area contributed by atoms with E-state index in [0.29, 0.717) is 11.3 Å². The number of fused-ring (bicyclic) bond motifs is 1. The highest BCUT2D eigenvalue weighted by molar-refractivity contribution is 7.12. The number of aliphatic carboxylic acids is 1. The number of aliphatic hydroxyl groups is 3. The summed E-state index contributed by atoms with van der Waals surface area (Å²) in [6.45, 7) is 0. The van der Waals surface area contributed by atoms with Gasteiger partial charge < -0.3 is 20.4 Å². The van der Waals surface area contributed by atoms with Crippen LogP contribution >= 0.6 is 11.3 Å². The minimum Gasteiger partial charge on any atom is -0.479 e. The summed E-state index contributed by atoms with van der Waals surface area (Å²) in [5, 5.41) is 39.7. The number of carboxylic acids is 1. The van der Waals surface area contributed by atoms with Crippen LogP contribution in [0.5, 0.6) is 0 Å². The highest BCUT2D eigenvalue weighted by Gasteiger charge is 2.49. The Morgan fingerprint density at radius 3 is 2.57 bits per heavy atom. The summed E-state index contributed by atoms with van der Waals surface area (Å²) in [5.41, 5.74) is -0.779. The molecule has 6 heteroatoms. The van der Waals surface area contributed by atoms with E-state index >= 15 is 0 Å². The largest absolute Gasteiger partial charge is 0.479 e. The Labute approximate surface area is 137 Å². The van der Waals surface area contributed by atoms with E-state index in [9.17, 15) is 25.2 Å². The molecular weight excluding hydrogens is 316 g/mol. The van der Waals surface area contributed by atoms with Crippen LogP contribution in [0.4, 0.5) is 0 Å². The summed E-state index contributed by atoms with van der Waals surface area (Å²) < 4.78 is 0. The van der Waals surface area contributed by atoms with Crippen molar-refractivity contribution in [3.63, 3.8) is 0 Å². The van der Waals surface area contributed by atoms with Gasteiger partial charge in [-0.3, -0.25) is 0 Å². The number of aryl methyl sites for hydroxylation is 2. The normalized spacial score (nSPS) is 26.7. The van der Waals surface area contributed by atoms with Crippen molar-refractivity contribution in [3.05, 3.63) is 57.3 Å². The van der Waals surface area contributed by atoms with Crippen LogP contribution in [-0.4, -0.2) is 32.5 Å². The van der Waals surface area contributed by atoms with Gasteiger partial charge in [0.15, 0.2) is 5.60 Å². The molecule has 0 saturated heterocycles. The van der Waals surface area contributed by atoms with Gasteiger partial charge in [0.05, 0.1) is 6.10 Å². The number of hydrogen-bond donors (Lipinski definition) is 4. The zero-order chi connectivity index (χ0) is 16.6. The molecule has 1 aromatic heterocycles. The van der Waals surface area contributed by atoms with Crippen LogP contribution in [0.25, 0.3) is 0 Å². The van der Waals surface area contributed by atoms with Crippen LogP contribution in [0.1, 0.15) is 33.4 Å². The van der Waals surface area contributed by atoms with E-state index in [2.05, 4.69) is 0 Å². The average molecular weight is 334 g/mol. The van der Waals surface area contributed by atoms with E-state index in [4.69, 9.17) is 0 Å². The third kappa shape index (κ3) is 2.90. The van der Waals surface area contributed by atoms with Gasteiger partial charge in [0.2, 0.25) is 0 Å². The monoisotopic (exact) mass is 334 g/mol. The number of hydrogen-bond acceptors (Lipinski definition) is 5. The Hall–Kier alpha value is -1.73. The van der Waals surface area contributed by atoms with Gasteiger partial charge in [-0.15, -0.1) is 11.3 Å². The van der Waals surface area contributed by atoms with Gasteiger partial charge in [-0.05, 0) is 24.5 Å². The van der Waals surface area contributed by atoms with Crippen LogP contribution in [0.3, 0.4) is 0 Å².